The number of pyridine rings is 1. The summed E-state index contributed by atoms with van der Waals surface area (Å²) in [5, 5.41) is 27.7. The summed E-state index contributed by atoms with van der Waals surface area (Å²) in [5.41, 5.74) is -1.52. The van der Waals surface area contributed by atoms with Crippen LogP contribution in [-0.4, -0.2) is 55.6 Å². The third-order valence-corrected chi connectivity index (χ3v) is 3.60. The molecule has 0 unspecified atom stereocenters. The Labute approximate surface area is 138 Å². The van der Waals surface area contributed by atoms with Gasteiger partial charge in [-0.25, -0.2) is 19.4 Å². The van der Waals surface area contributed by atoms with Gasteiger partial charge < -0.3 is 25.0 Å². The number of carbonyl (C=O) groups excluding carboxylic acids is 1. The van der Waals surface area contributed by atoms with Crippen LogP contribution in [0.3, 0.4) is 0 Å². The van der Waals surface area contributed by atoms with Gasteiger partial charge in [0.15, 0.2) is 0 Å². The smallest absolute Gasteiger partial charge is 0.354 e. The van der Waals surface area contributed by atoms with E-state index in [2.05, 4.69) is 9.97 Å². The molecule has 0 aliphatic carbocycles. The zero-order valence-corrected chi connectivity index (χ0v) is 12.4. The minimum Gasteiger partial charge on any atom is -0.478 e. The molecule has 0 fully saturated rings. The van der Waals surface area contributed by atoms with Crippen molar-refractivity contribution in [3.63, 3.8) is 0 Å². The summed E-state index contributed by atoms with van der Waals surface area (Å²) in [7, 11) is 0. The number of rotatable bonds is 3. The molecular formula is C15H10N2O8. The molecule has 0 saturated heterocycles. The third-order valence-electron chi connectivity index (χ3n) is 3.60. The minimum absolute atomic E-state index is 0.0438. The monoisotopic (exact) mass is 346 g/mol. The SMILES string of the molecule is O=C(O)c1cc(C(=O)O)c2c(n1)C(=O)COCc1cc(C(=O)O)[nH]c1-2. The Morgan fingerprint density at radius 3 is 2.36 bits per heavy atom. The molecule has 2 aromatic rings. The van der Waals surface area contributed by atoms with Crippen LogP contribution < -0.4 is 0 Å². The van der Waals surface area contributed by atoms with Crippen LogP contribution in [0.25, 0.3) is 11.3 Å². The van der Waals surface area contributed by atoms with Crippen LogP contribution in [0.1, 0.15) is 47.4 Å². The van der Waals surface area contributed by atoms with Crippen molar-refractivity contribution in [2.24, 2.45) is 0 Å². The summed E-state index contributed by atoms with van der Waals surface area (Å²) < 4.78 is 5.17. The molecule has 1 aliphatic rings. The topological polar surface area (TPSA) is 167 Å². The van der Waals surface area contributed by atoms with Crippen LogP contribution in [0.4, 0.5) is 0 Å². The molecular weight excluding hydrogens is 336 g/mol. The summed E-state index contributed by atoms with van der Waals surface area (Å²) >= 11 is 0. The number of carbonyl (C=O) groups is 4. The number of aromatic carboxylic acids is 3. The second-order valence-corrected chi connectivity index (χ2v) is 5.19. The minimum atomic E-state index is -1.50. The van der Waals surface area contributed by atoms with Crippen molar-refractivity contribution < 1.29 is 39.2 Å². The fraction of sp³-hybridized carbons (Fsp3) is 0.133. The average Bonchev–Trinajstić information content (AvgIpc) is 2.95. The Hall–Kier alpha value is -3.53. The molecule has 3 rings (SSSR count). The van der Waals surface area contributed by atoms with Crippen molar-refractivity contribution in [1.82, 2.24) is 9.97 Å². The third kappa shape index (κ3) is 2.74. The predicted molar refractivity (Wildman–Crippen MR) is 78.9 cm³/mol. The first-order valence-electron chi connectivity index (χ1n) is 6.87. The van der Waals surface area contributed by atoms with Gasteiger partial charge in [0.1, 0.15) is 23.7 Å². The maximum atomic E-state index is 12.3. The maximum absolute atomic E-state index is 12.3. The number of hydrogen-bond donors (Lipinski definition) is 4. The van der Waals surface area contributed by atoms with Crippen molar-refractivity contribution in [3.8, 4) is 11.3 Å². The molecule has 25 heavy (non-hydrogen) atoms. The fourth-order valence-electron chi connectivity index (χ4n) is 2.55. The first kappa shape index (κ1) is 16.3. The van der Waals surface area contributed by atoms with Gasteiger partial charge in [-0.2, -0.15) is 0 Å². The number of nitrogens with one attached hydrogen (secondary N) is 1. The van der Waals surface area contributed by atoms with Crippen LogP contribution in [0.15, 0.2) is 12.1 Å². The summed E-state index contributed by atoms with van der Waals surface area (Å²) in [4.78, 5) is 52.5. The number of aromatic nitrogens is 2. The first-order valence-corrected chi connectivity index (χ1v) is 6.87. The lowest BCUT2D eigenvalue weighted by molar-refractivity contribution is 0.0673. The normalized spacial score (nSPS) is 13.4. The molecule has 0 bridgehead atoms. The van der Waals surface area contributed by atoms with Crippen molar-refractivity contribution in [2.75, 3.05) is 6.61 Å². The zero-order chi connectivity index (χ0) is 18.3. The standard InChI is InChI=1S/C15H10N2O8/c18-9-4-25-3-5-1-7(14(21)22)16-11(5)10-6(13(19)20)2-8(15(23)24)17-12(9)10/h1-2,16H,3-4H2,(H,19,20)(H,21,22)(H,23,24). The van der Waals surface area contributed by atoms with Gasteiger partial charge in [-0.1, -0.05) is 0 Å². The lowest BCUT2D eigenvalue weighted by Crippen LogP contribution is -2.20. The van der Waals surface area contributed by atoms with E-state index in [-0.39, 0.29) is 23.6 Å². The molecule has 4 N–H and O–H groups in total. The van der Waals surface area contributed by atoms with E-state index in [1.54, 1.807) is 0 Å². The molecule has 0 radical (unpaired) electrons. The van der Waals surface area contributed by atoms with Crippen molar-refractivity contribution in [2.45, 2.75) is 6.61 Å². The highest BCUT2D eigenvalue weighted by molar-refractivity contribution is 6.09. The lowest BCUT2D eigenvalue weighted by atomic mass is 9.96. The largest absolute Gasteiger partial charge is 0.478 e. The number of H-pyrrole nitrogens is 1. The highest BCUT2D eigenvalue weighted by Crippen LogP contribution is 2.33. The van der Waals surface area contributed by atoms with Crippen LogP contribution in [-0.2, 0) is 11.3 Å². The molecule has 0 atom stereocenters. The van der Waals surface area contributed by atoms with Crippen molar-refractivity contribution >= 4 is 23.7 Å². The van der Waals surface area contributed by atoms with Gasteiger partial charge in [-0.05, 0) is 12.1 Å². The van der Waals surface area contributed by atoms with E-state index in [9.17, 15) is 24.3 Å². The Balaban J connectivity index is 2.40. The number of carboxylic acid groups (broad SMARTS) is 3. The van der Waals surface area contributed by atoms with Crippen LogP contribution in [0.2, 0.25) is 0 Å². The molecule has 10 heteroatoms. The van der Waals surface area contributed by atoms with Gasteiger partial charge in [0.25, 0.3) is 0 Å². The quantitative estimate of drug-likeness (QED) is 0.630. The molecule has 0 saturated carbocycles. The van der Waals surface area contributed by atoms with Crippen LogP contribution >= 0.6 is 0 Å². The van der Waals surface area contributed by atoms with Gasteiger partial charge in [0.2, 0.25) is 5.78 Å². The van der Waals surface area contributed by atoms with E-state index < -0.39 is 47.2 Å². The lowest BCUT2D eigenvalue weighted by Gasteiger charge is -2.16. The number of Topliss-reactive ketones (excluding diaryl/α,β-unsaturated/α-hetero) is 1. The van der Waals surface area contributed by atoms with E-state index in [1.807, 2.05) is 0 Å². The molecule has 128 valence electrons. The number of ketones is 1. The van der Waals surface area contributed by atoms with Gasteiger partial charge in [-0.15, -0.1) is 0 Å². The zero-order valence-electron chi connectivity index (χ0n) is 12.4. The highest BCUT2D eigenvalue weighted by atomic mass is 16.5. The number of aromatic amines is 1. The Morgan fingerprint density at radius 1 is 1.04 bits per heavy atom. The van der Waals surface area contributed by atoms with Crippen molar-refractivity contribution in [3.05, 3.63) is 40.3 Å². The fourth-order valence-corrected chi connectivity index (χ4v) is 2.55. The van der Waals surface area contributed by atoms with Crippen LogP contribution in [0, 0.1) is 0 Å². The summed E-state index contributed by atoms with van der Waals surface area (Å²) in [6.07, 6.45) is 0. The Morgan fingerprint density at radius 2 is 1.76 bits per heavy atom. The van der Waals surface area contributed by atoms with Crippen molar-refractivity contribution in [1.29, 1.82) is 0 Å². The second-order valence-electron chi connectivity index (χ2n) is 5.19. The highest BCUT2D eigenvalue weighted by Gasteiger charge is 2.30. The molecule has 0 spiro atoms. The number of carboxylic acids is 3. The first-order chi connectivity index (χ1) is 11.8. The predicted octanol–water partition coefficient (Wildman–Crippen LogP) is 0.884. The van der Waals surface area contributed by atoms with E-state index in [0.717, 1.165) is 6.07 Å². The maximum Gasteiger partial charge on any atom is 0.354 e. The number of fused-ring (bicyclic) bond motifs is 3. The van der Waals surface area contributed by atoms with Gasteiger partial charge in [-0.3, -0.25) is 4.79 Å². The van der Waals surface area contributed by atoms with E-state index in [1.165, 1.54) is 6.07 Å². The molecule has 2 aromatic heterocycles. The average molecular weight is 346 g/mol. The molecule has 0 amide bonds. The molecule has 3 heterocycles. The van der Waals surface area contributed by atoms with E-state index >= 15 is 0 Å². The van der Waals surface area contributed by atoms with E-state index in [0.29, 0.717) is 5.56 Å². The second kappa shape index (κ2) is 5.83. The van der Waals surface area contributed by atoms with Gasteiger partial charge >= 0.3 is 17.9 Å². The molecule has 0 aromatic carbocycles. The number of nitrogens with zero attached hydrogens (tertiary/aromatic N) is 1. The Kier molecular flexibility index (Phi) is 3.81. The number of hydrogen-bond acceptors (Lipinski definition) is 6. The number of ether oxygens (including phenoxy) is 1. The van der Waals surface area contributed by atoms with Gasteiger partial charge in [0, 0.05) is 11.1 Å². The van der Waals surface area contributed by atoms with E-state index in [4.69, 9.17) is 14.9 Å². The van der Waals surface area contributed by atoms with Crippen LogP contribution in [0.5, 0.6) is 0 Å². The molecule has 10 nitrogen and oxygen atoms in total. The van der Waals surface area contributed by atoms with Gasteiger partial charge in [0.05, 0.1) is 17.9 Å². The Bertz CT molecular complexity index is 943. The summed E-state index contributed by atoms with van der Waals surface area (Å²) in [6, 6.07) is 2.08. The molecule has 1 aliphatic heterocycles. The summed E-state index contributed by atoms with van der Waals surface area (Å²) in [6.45, 7) is -0.570. The summed E-state index contributed by atoms with van der Waals surface area (Å²) in [5.74, 6) is -4.98.